The number of nitrogens with zero attached hydrogens (tertiary/aromatic N) is 3. The van der Waals surface area contributed by atoms with Gasteiger partial charge in [-0.05, 0) is 30.0 Å². The van der Waals surface area contributed by atoms with E-state index in [0.717, 1.165) is 5.69 Å². The minimum atomic E-state index is -0.786. The van der Waals surface area contributed by atoms with Crippen molar-refractivity contribution in [1.29, 1.82) is 0 Å². The molecule has 2 aromatic rings. The monoisotopic (exact) mass is 466 g/mol. The van der Waals surface area contributed by atoms with E-state index in [-0.39, 0.29) is 17.9 Å². The number of hydrogen-bond donors (Lipinski definition) is 1. The lowest BCUT2D eigenvalue weighted by atomic mass is 9.92. The third kappa shape index (κ3) is 4.68. The number of carbonyl (C=O) groups is 2. The average molecular weight is 467 g/mol. The van der Waals surface area contributed by atoms with Crippen LogP contribution in [0.15, 0.2) is 76.0 Å². The third-order valence-corrected chi connectivity index (χ3v) is 6.25. The fourth-order valence-corrected chi connectivity index (χ4v) is 4.76. The molecule has 0 bridgehead atoms. The maximum atomic E-state index is 14.9. The van der Waals surface area contributed by atoms with Crippen molar-refractivity contribution >= 4 is 28.8 Å². The Hall–Kier alpha value is -3.46. The van der Waals surface area contributed by atoms with E-state index in [9.17, 15) is 14.0 Å². The van der Waals surface area contributed by atoms with Gasteiger partial charge in [-0.1, -0.05) is 43.0 Å². The van der Waals surface area contributed by atoms with Crippen LogP contribution in [0.1, 0.15) is 37.1 Å². The van der Waals surface area contributed by atoms with Gasteiger partial charge in [-0.15, -0.1) is 0 Å². The molecule has 7 nitrogen and oxygen atoms in total. The summed E-state index contributed by atoms with van der Waals surface area (Å²) >= 11 is 1.35. The van der Waals surface area contributed by atoms with E-state index in [2.05, 4.69) is 15.3 Å². The molecule has 0 fully saturated rings. The van der Waals surface area contributed by atoms with Crippen LogP contribution in [-0.4, -0.2) is 34.0 Å². The molecule has 1 amide bonds. The summed E-state index contributed by atoms with van der Waals surface area (Å²) in [6.07, 6.45) is 2.19. The number of methoxy groups -OCH3 is 1. The van der Waals surface area contributed by atoms with Gasteiger partial charge in [-0.3, -0.25) is 9.78 Å². The number of benzene rings is 1. The number of allylic oxidation sites excluding steroid dienone is 1. The molecule has 1 N–H and O–H groups in total. The van der Waals surface area contributed by atoms with E-state index in [1.165, 1.54) is 24.9 Å². The van der Waals surface area contributed by atoms with Crippen LogP contribution in [0.25, 0.3) is 0 Å². The molecule has 1 atom stereocenters. The second-order valence-electron chi connectivity index (χ2n) is 7.40. The van der Waals surface area contributed by atoms with Crippen LogP contribution in [0.3, 0.4) is 0 Å². The number of hydrogen-bond acceptors (Lipinski definition) is 7. The molecule has 0 saturated heterocycles. The summed E-state index contributed by atoms with van der Waals surface area (Å²) in [6, 6.07) is 11.0. The number of carbonyl (C=O) groups excluding carboxylic acids is 2. The lowest BCUT2D eigenvalue weighted by Crippen LogP contribution is -2.38. The number of fused-ring (bicyclic) bond motifs is 1. The summed E-state index contributed by atoms with van der Waals surface area (Å²) in [5.74, 6) is -1.24. The minimum absolute atomic E-state index is 0.0414. The highest BCUT2D eigenvalue weighted by atomic mass is 32.2. The van der Waals surface area contributed by atoms with E-state index in [0.29, 0.717) is 35.1 Å². The number of amides is 1. The smallest absolute Gasteiger partial charge is 0.338 e. The molecular weight excluding hydrogens is 443 g/mol. The number of ether oxygens (including phenoxy) is 1. The van der Waals surface area contributed by atoms with E-state index >= 15 is 0 Å². The van der Waals surface area contributed by atoms with Crippen molar-refractivity contribution in [3.63, 3.8) is 0 Å². The first kappa shape index (κ1) is 22.7. The molecule has 0 spiro atoms. The molecule has 3 heterocycles. The van der Waals surface area contributed by atoms with Gasteiger partial charge in [-0.25, -0.2) is 14.2 Å². The molecule has 33 heavy (non-hydrogen) atoms. The summed E-state index contributed by atoms with van der Waals surface area (Å²) in [7, 11) is 1.29. The van der Waals surface area contributed by atoms with Crippen molar-refractivity contribution in [2.24, 2.45) is 4.99 Å². The predicted molar refractivity (Wildman–Crippen MR) is 124 cm³/mol. The average Bonchev–Trinajstić information content (AvgIpc) is 3.24. The zero-order valence-electron chi connectivity index (χ0n) is 18.2. The van der Waals surface area contributed by atoms with Gasteiger partial charge in [0.25, 0.3) is 0 Å². The number of halogens is 1. The number of esters is 1. The predicted octanol–water partition coefficient (Wildman–Crippen LogP) is 4.07. The number of nitrogens with one attached hydrogen (secondary N) is 1. The molecule has 1 aromatic carbocycles. The second kappa shape index (κ2) is 9.99. The Morgan fingerprint density at radius 2 is 2.00 bits per heavy atom. The molecule has 9 heteroatoms. The highest BCUT2D eigenvalue weighted by Gasteiger charge is 2.42. The van der Waals surface area contributed by atoms with E-state index in [1.807, 2.05) is 30.5 Å². The van der Waals surface area contributed by atoms with Crippen molar-refractivity contribution in [3.05, 3.63) is 88.1 Å². The van der Waals surface area contributed by atoms with Gasteiger partial charge in [0.1, 0.15) is 5.82 Å². The van der Waals surface area contributed by atoms with Crippen LogP contribution >= 0.6 is 11.8 Å². The van der Waals surface area contributed by atoms with Crippen molar-refractivity contribution in [3.8, 4) is 0 Å². The Morgan fingerprint density at radius 1 is 1.21 bits per heavy atom. The summed E-state index contributed by atoms with van der Waals surface area (Å²) in [5, 5.41) is 5.27. The van der Waals surface area contributed by atoms with Crippen LogP contribution in [0.5, 0.6) is 0 Å². The lowest BCUT2D eigenvalue weighted by Gasteiger charge is -2.36. The topological polar surface area (TPSA) is 83.9 Å². The Morgan fingerprint density at radius 3 is 2.70 bits per heavy atom. The molecule has 170 valence electrons. The molecule has 1 unspecified atom stereocenters. The molecule has 2 aliphatic heterocycles. The number of rotatable bonds is 7. The Labute approximate surface area is 195 Å². The second-order valence-corrected chi connectivity index (χ2v) is 8.23. The van der Waals surface area contributed by atoms with E-state index in [4.69, 9.17) is 4.74 Å². The molecule has 0 radical (unpaired) electrons. The maximum absolute atomic E-state index is 14.9. The van der Waals surface area contributed by atoms with Crippen LogP contribution in [0.4, 0.5) is 4.39 Å². The van der Waals surface area contributed by atoms with Crippen LogP contribution in [-0.2, 0) is 20.9 Å². The zero-order valence-corrected chi connectivity index (χ0v) is 19.1. The van der Waals surface area contributed by atoms with Crippen molar-refractivity contribution in [2.45, 2.75) is 32.4 Å². The van der Waals surface area contributed by atoms with Gasteiger partial charge in [-0.2, -0.15) is 0 Å². The van der Waals surface area contributed by atoms with Gasteiger partial charge < -0.3 is 15.0 Å². The van der Waals surface area contributed by atoms with Crippen molar-refractivity contribution in [1.82, 2.24) is 15.2 Å². The number of pyridine rings is 1. The Balaban J connectivity index is 1.65. The lowest BCUT2D eigenvalue weighted by molar-refractivity contribution is -0.136. The van der Waals surface area contributed by atoms with E-state index < -0.39 is 17.8 Å². The number of amidine groups is 1. The Bertz CT molecular complexity index is 1160. The molecule has 0 aliphatic carbocycles. The Kier molecular flexibility index (Phi) is 6.88. The quantitative estimate of drug-likeness (QED) is 0.620. The standard InChI is InChI=1S/C24H23FN4O3S/c1-3-19-21(23(31)32-2)22(17-9-4-5-10-18(17)25)29-16(14-33-24(29)28-19)12-20(30)27-13-15-8-6-7-11-26-15/h4-11,14,22H,3,12-13H2,1-2H3,(H,27,30). The summed E-state index contributed by atoms with van der Waals surface area (Å²) < 4.78 is 20.0. The third-order valence-electron chi connectivity index (χ3n) is 5.36. The normalized spacial score (nSPS) is 17.3. The number of aliphatic imine (C=N–C) groups is 1. The van der Waals surface area contributed by atoms with Gasteiger partial charge in [0.15, 0.2) is 5.17 Å². The van der Waals surface area contributed by atoms with Crippen molar-refractivity contribution < 1.29 is 18.7 Å². The number of aromatic nitrogens is 1. The number of thioether (sulfide) groups is 1. The highest BCUT2D eigenvalue weighted by Crippen LogP contribution is 2.45. The first-order valence-corrected chi connectivity index (χ1v) is 11.4. The van der Waals surface area contributed by atoms with Crippen LogP contribution in [0.2, 0.25) is 0 Å². The molecule has 2 aliphatic rings. The zero-order chi connectivity index (χ0) is 23.4. The fraction of sp³-hybridized carbons (Fsp3) is 0.250. The first-order valence-electron chi connectivity index (χ1n) is 10.5. The summed E-state index contributed by atoms with van der Waals surface area (Å²) in [6.45, 7) is 2.18. The largest absolute Gasteiger partial charge is 0.466 e. The van der Waals surface area contributed by atoms with Gasteiger partial charge in [0, 0.05) is 17.5 Å². The van der Waals surface area contributed by atoms with Gasteiger partial charge in [0.2, 0.25) is 5.91 Å². The van der Waals surface area contributed by atoms with E-state index in [1.54, 1.807) is 29.3 Å². The maximum Gasteiger partial charge on any atom is 0.338 e. The molecule has 4 rings (SSSR count). The summed E-state index contributed by atoms with van der Waals surface area (Å²) in [4.78, 5) is 36.1. The van der Waals surface area contributed by atoms with Crippen molar-refractivity contribution in [2.75, 3.05) is 7.11 Å². The van der Waals surface area contributed by atoms with Crippen LogP contribution in [0, 0.1) is 5.82 Å². The van der Waals surface area contributed by atoms with Gasteiger partial charge in [0.05, 0.1) is 43.1 Å². The first-order chi connectivity index (χ1) is 16.0. The molecular formula is C24H23FN4O3S. The minimum Gasteiger partial charge on any atom is -0.466 e. The van der Waals surface area contributed by atoms with Gasteiger partial charge >= 0.3 is 5.97 Å². The summed E-state index contributed by atoms with van der Waals surface area (Å²) in [5.41, 5.74) is 2.51. The highest BCUT2D eigenvalue weighted by molar-refractivity contribution is 8.16. The molecule has 0 saturated carbocycles. The van der Waals surface area contributed by atoms with Crippen LogP contribution < -0.4 is 5.32 Å². The fourth-order valence-electron chi connectivity index (χ4n) is 3.82. The molecule has 1 aromatic heterocycles. The SMILES string of the molecule is CCC1=C(C(=O)OC)C(c2ccccc2F)N2C(CC(=O)NCc3ccccn3)=CSC2=N1.